The maximum atomic E-state index is 5.03. The van der Waals surface area contributed by atoms with Crippen molar-refractivity contribution in [2.75, 3.05) is 26.5 Å². The van der Waals surface area contributed by atoms with Gasteiger partial charge in [0.1, 0.15) is 0 Å². The van der Waals surface area contributed by atoms with E-state index in [1.165, 1.54) is 12.2 Å². The molecule has 13 heavy (non-hydrogen) atoms. The highest BCUT2D eigenvalue weighted by Crippen LogP contribution is 2.12. The number of rotatable bonds is 8. The van der Waals surface area contributed by atoms with E-state index in [9.17, 15) is 0 Å². The van der Waals surface area contributed by atoms with Crippen LogP contribution in [0.15, 0.2) is 0 Å². The molecule has 0 spiro atoms. The van der Waals surface area contributed by atoms with Crippen molar-refractivity contribution in [3.05, 3.63) is 0 Å². The molecule has 0 bridgehead atoms. The second-order valence-electron chi connectivity index (χ2n) is 3.50. The molecule has 0 radical (unpaired) electrons. The second-order valence-corrected chi connectivity index (χ2v) is 5.11. The van der Waals surface area contributed by atoms with Gasteiger partial charge in [-0.1, -0.05) is 13.8 Å². The Hall–Kier alpha value is 0.270. The number of nitrogens with one attached hydrogen (secondary N) is 1. The first kappa shape index (κ1) is 13.3. The molecule has 1 unspecified atom stereocenters. The van der Waals surface area contributed by atoms with Crippen LogP contribution >= 0.6 is 11.8 Å². The molecule has 0 heterocycles. The highest BCUT2D eigenvalue weighted by molar-refractivity contribution is 7.99. The van der Waals surface area contributed by atoms with Crippen LogP contribution in [0, 0.1) is 0 Å². The molecule has 80 valence electrons. The van der Waals surface area contributed by atoms with Crippen LogP contribution in [0.2, 0.25) is 0 Å². The largest absolute Gasteiger partial charge is 0.385 e. The maximum Gasteiger partial charge on any atom is 0.0462 e. The van der Waals surface area contributed by atoms with Crippen molar-refractivity contribution in [2.45, 2.75) is 38.0 Å². The van der Waals surface area contributed by atoms with E-state index in [0.29, 0.717) is 6.04 Å². The van der Waals surface area contributed by atoms with Crippen LogP contribution in [0.3, 0.4) is 0 Å². The monoisotopic (exact) mass is 205 g/mol. The Labute approximate surface area is 86.8 Å². The third-order valence-electron chi connectivity index (χ3n) is 1.94. The summed E-state index contributed by atoms with van der Waals surface area (Å²) in [5.41, 5.74) is 0. The number of hydrogen-bond donors (Lipinski definition) is 1. The minimum atomic E-state index is 0.641. The lowest BCUT2D eigenvalue weighted by Crippen LogP contribution is -2.28. The minimum Gasteiger partial charge on any atom is -0.385 e. The molecule has 2 nitrogen and oxygen atoms in total. The summed E-state index contributed by atoms with van der Waals surface area (Å²) >= 11 is 2.02. The summed E-state index contributed by atoms with van der Waals surface area (Å²) in [4.78, 5) is 0. The standard InChI is InChI=1S/C10H23NOS/c1-9(2)13-8-10(11-3)6-5-7-12-4/h9-11H,5-8H2,1-4H3. The molecule has 1 N–H and O–H groups in total. The van der Waals surface area contributed by atoms with Gasteiger partial charge < -0.3 is 10.1 Å². The summed E-state index contributed by atoms with van der Waals surface area (Å²) in [5.74, 6) is 1.21. The lowest BCUT2D eigenvalue weighted by atomic mass is 10.2. The first-order valence-electron chi connectivity index (χ1n) is 4.98. The Balaban J connectivity index is 3.39. The fraction of sp³-hybridized carbons (Fsp3) is 1.00. The van der Waals surface area contributed by atoms with E-state index in [2.05, 4.69) is 19.2 Å². The van der Waals surface area contributed by atoms with Crippen molar-refractivity contribution in [1.82, 2.24) is 5.32 Å². The van der Waals surface area contributed by atoms with Gasteiger partial charge in [0.2, 0.25) is 0 Å². The molecular weight excluding hydrogens is 182 g/mol. The lowest BCUT2D eigenvalue weighted by Gasteiger charge is -2.16. The van der Waals surface area contributed by atoms with Gasteiger partial charge in [0.25, 0.3) is 0 Å². The van der Waals surface area contributed by atoms with Gasteiger partial charge in [-0.2, -0.15) is 11.8 Å². The van der Waals surface area contributed by atoms with Gasteiger partial charge in [-0.3, -0.25) is 0 Å². The first-order valence-corrected chi connectivity index (χ1v) is 6.03. The fourth-order valence-corrected chi connectivity index (χ4v) is 2.04. The van der Waals surface area contributed by atoms with Crippen LogP contribution in [0.5, 0.6) is 0 Å². The van der Waals surface area contributed by atoms with Gasteiger partial charge in [-0.05, 0) is 25.1 Å². The Morgan fingerprint density at radius 1 is 1.38 bits per heavy atom. The van der Waals surface area contributed by atoms with Crippen molar-refractivity contribution < 1.29 is 4.74 Å². The quantitative estimate of drug-likeness (QED) is 0.614. The Bertz CT molecular complexity index is 109. The highest BCUT2D eigenvalue weighted by Gasteiger charge is 2.06. The fourth-order valence-electron chi connectivity index (χ4n) is 1.09. The van der Waals surface area contributed by atoms with Crippen LogP contribution in [0.1, 0.15) is 26.7 Å². The van der Waals surface area contributed by atoms with E-state index in [4.69, 9.17) is 4.74 Å². The van der Waals surface area contributed by atoms with Crippen molar-refractivity contribution in [3.8, 4) is 0 Å². The molecule has 0 aromatic carbocycles. The Morgan fingerprint density at radius 2 is 2.08 bits per heavy atom. The summed E-state index contributed by atoms with van der Waals surface area (Å²) in [6.07, 6.45) is 2.37. The van der Waals surface area contributed by atoms with E-state index in [1.54, 1.807) is 7.11 Å². The van der Waals surface area contributed by atoms with Gasteiger partial charge in [-0.15, -0.1) is 0 Å². The molecule has 0 aliphatic heterocycles. The van der Waals surface area contributed by atoms with Crippen LogP contribution in [-0.4, -0.2) is 37.8 Å². The van der Waals surface area contributed by atoms with E-state index in [-0.39, 0.29) is 0 Å². The number of methoxy groups -OCH3 is 1. The van der Waals surface area contributed by atoms with Crippen molar-refractivity contribution in [3.63, 3.8) is 0 Å². The van der Waals surface area contributed by atoms with Crippen LogP contribution in [0.4, 0.5) is 0 Å². The predicted molar refractivity (Wildman–Crippen MR) is 61.6 cm³/mol. The van der Waals surface area contributed by atoms with Crippen LogP contribution in [-0.2, 0) is 4.74 Å². The third kappa shape index (κ3) is 8.60. The van der Waals surface area contributed by atoms with E-state index in [0.717, 1.165) is 18.3 Å². The Kier molecular flexibility index (Phi) is 9.03. The third-order valence-corrected chi connectivity index (χ3v) is 3.20. The Morgan fingerprint density at radius 3 is 2.54 bits per heavy atom. The van der Waals surface area contributed by atoms with Crippen molar-refractivity contribution in [2.24, 2.45) is 0 Å². The molecule has 0 saturated heterocycles. The summed E-state index contributed by atoms with van der Waals surface area (Å²) in [5, 5.41) is 4.07. The van der Waals surface area contributed by atoms with Gasteiger partial charge in [-0.25, -0.2) is 0 Å². The van der Waals surface area contributed by atoms with Crippen molar-refractivity contribution >= 4 is 11.8 Å². The molecule has 0 aliphatic carbocycles. The number of hydrogen-bond acceptors (Lipinski definition) is 3. The summed E-state index contributed by atoms with van der Waals surface area (Å²) in [7, 11) is 3.80. The second kappa shape index (κ2) is 8.85. The smallest absolute Gasteiger partial charge is 0.0462 e. The molecule has 0 aromatic rings. The summed E-state index contributed by atoms with van der Waals surface area (Å²) < 4.78 is 5.03. The molecule has 0 saturated carbocycles. The first-order chi connectivity index (χ1) is 6.20. The van der Waals surface area contributed by atoms with E-state index >= 15 is 0 Å². The molecule has 0 amide bonds. The SMILES string of the molecule is CNC(CCCOC)CSC(C)C. The number of thioether (sulfide) groups is 1. The van der Waals surface area contributed by atoms with Crippen molar-refractivity contribution in [1.29, 1.82) is 0 Å². The van der Waals surface area contributed by atoms with Crippen LogP contribution < -0.4 is 5.32 Å². The average molecular weight is 205 g/mol. The van der Waals surface area contributed by atoms with Gasteiger partial charge in [0, 0.05) is 25.5 Å². The zero-order valence-electron chi connectivity index (χ0n) is 9.30. The number of ether oxygens (including phenoxy) is 1. The molecule has 3 heteroatoms. The minimum absolute atomic E-state index is 0.641. The molecule has 0 fully saturated rings. The molecule has 0 aromatic heterocycles. The van der Waals surface area contributed by atoms with E-state index < -0.39 is 0 Å². The maximum absolute atomic E-state index is 5.03. The van der Waals surface area contributed by atoms with Gasteiger partial charge in [0.05, 0.1) is 0 Å². The molecule has 0 aliphatic rings. The zero-order chi connectivity index (χ0) is 10.1. The summed E-state index contributed by atoms with van der Waals surface area (Å²) in [6, 6.07) is 0.641. The lowest BCUT2D eigenvalue weighted by molar-refractivity contribution is 0.190. The highest BCUT2D eigenvalue weighted by atomic mass is 32.2. The topological polar surface area (TPSA) is 21.3 Å². The van der Waals surface area contributed by atoms with Gasteiger partial charge >= 0.3 is 0 Å². The van der Waals surface area contributed by atoms with Crippen LogP contribution in [0.25, 0.3) is 0 Å². The molecular formula is C10H23NOS. The summed E-state index contributed by atoms with van der Waals surface area (Å²) in [6.45, 7) is 5.36. The zero-order valence-corrected chi connectivity index (χ0v) is 10.1. The normalized spacial score (nSPS) is 13.6. The van der Waals surface area contributed by atoms with Gasteiger partial charge in [0.15, 0.2) is 0 Å². The molecule has 1 atom stereocenters. The average Bonchev–Trinajstić information content (AvgIpc) is 2.10. The molecule has 0 rings (SSSR count). The predicted octanol–water partition coefficient (Wildman–Crippen LogP) is 2.14. The van der Waals surface area contributed by atoms with E-state index in [1.807, 2.05) is 18.8 Å².